The second-order valence-corrected chi connectivity index (χ2v) is 6.95. The Hall–Kier alpha value is -2.13. The molecule has 0 saturated carbocycles. The summed E-state index contributed by atoms with van der Waals surface area (Å²) in [5, 5.41) is 13.7. The number of morpholine rings is 1. The minimum absolute atomic E-state index is 0.0182. The van der Waals surface area contributed by atoms with Crippen molar-refractivity contribution in [1.82, 2.24) is 24.7 Å². The Labute approximate surface area is 152 Å². The molecule has 0 unspecified atom stereocenters. The van der Waals surface area contributed by atoms with Crippen LogP contribution in [0.1, 0.15) is 19.3 Å². The van der Waals surface area contributed by atoms with Gasteiger partial charge in [0.1, 0.15) is 6.54 Å². The van der Waals surface area contributed by atoms with Crippen LogP contribution in [0.15, 0.2) is 18.7 Å². The monoisotopic (exact) mass is 365 g/mol. The molecule has 1 atom stereocenters. The smallest absolute Gasteiger partial charge is 0.317 e. The van der Waals surface area contributed by atoms with Gasteiger partial charge < -0.3 is 29.5 Å². The van der Waals surface area contributed by atoms with Gasteiger partial charge in [-0.2, -0.15) is 0 Å². The second kappa shape index (κ2) is 8.50. The number of nitrogens with one attached hydrogen (secondary N) is 1. The maximum absolute atomic E-state index is 12.4. The van der Waals surface area contributed by atoms with Crippen LogP contribution in [0, 0.1) is 0 Å². The van der Waals surface area contributed by atoms with Gasteiger partial charge in [0.15, 0.2) is 0 Å². The molecule has 2 saturated heterocycles. The predicted octanol–water partition coefficient (Wildman–Crippen LogP) is -0.331. The van der Waals surface area contributed by atoms with E-state index in [1.807, 2.05) is 0 Å². The largest absolute Gasteiger partial charge is 0.388 e. The van der Waals surface area contributed by atoms with Gasteiger partial charge in [-0.05, 0) is 19.3 Å². The van der Waals surface area contributed by atoms with E-state index in [4.69, 9.17) is 4.74 Å². The molecule has 0 aromatic carbocycles. The highest BCUT2D eigenvalue weighted by Gasteiger charge is 2.32. The summed E-state index contributed by atoms with van der Waals surface area (Å²) < 4.78 is 6.98. The third kappa shape index (κ3) is 4.95. The van der Waals surface area contributed by atoms with Gasteiger partial charge in [0.2, 0.25) is 5.91 Å². The summed E-state index contributed by atoms with van der Waals surface area (Å²) in [6, 6.07) is -0.168. The van der Waals surface area contributed by atoms with Crippen molar-refractivity contribution >= 4 is 11.9 Å². The molecule has 3 rings (SSSR count). The Morgan fingerprint density at radius 3 is 2.69 bits per heavy atom. The zero-order valence-electron chi connectivity index (χ0n) is 15.0. The zero-order valence-corrected chi connectivity index (χ0v) is 15.0. The van der Waals surface area contributed by atoms with Crippen LogP contribution in [0.4, 0.5) is 4.79 Å². The first kappa shape index (κ1) is 18.7. The number of imidazole rings is 1. The van der Waals surface area contributed by atoms with Crippen molar-refractivity contribution in [2.45, 2.75) is 31.4 Å². The summed E-state index contributed by atoms with van der Waals surface area (Å²) in [6.45, 7) is 3.79. The third-order valence-corrected chi connectivity index (χ3v) is 5.01. The lowest BCUT2D eigenvalue weighted by atomic mass is 9.95. The highest BCUT2D eigenvalue weighted by atomic mass is 16.5. The molecule has 2 aliphatic heterocycles. The summed E-state index contributed by atoms with van der Waals surface area (Å²) in [7, 11) is 0. The molecule has 2 aliphatic rings. The van der Waals surface area contributed by atoms with Gasteiger partial charge in [0, 0.05) is 45.1 Å². The molecule has 3 heterocycles. The van der Waals surface area contributed by atoms with E-state index in [0.717, 1.165) is 0 Å². The number of aliphatic hydroxyl groups is 1. The van der Waals surface area contributed by atoms with E-state index in [0.29, 0.717) is 58.7 Å². The van der Waals surface area contributed by atoms with Crippen molar-refractivity contribution in [1.29, 1.82) is 0 Å². The quantitative estimate of drug-likeness (QED) is 0.761. The van der Waals surface area contributed by atoms with Gasteiger partial charge in [0.05, 0.1) is 25.1 Å². The van der Waals surface area contributed by atoms with E-state index in [9.17, 15) is 14.7 Å². The van der Waals surface area contributed by atoms with Crippen LogP contribution in [0.25, 0.3) is 0 Å². The lowest BCUT2D eigenvalue weighted by molar-refractivity contribution is -0.131. The number of nitrogens with zero attached hydrogens (tertiary/aromatic N) is 4. The van der Waals surface area contributed by atoms with E-state index in [2.05, 4.69) is 10.3 Å². The minimum Gasteiger partial charge on any atom is -0.388 e. The number of hydrogen-bond donors (Lipinski definition) is 2. The summed E-state index contributed by atoms with van der Waals surface area (Å²) in [5.74, 6) is 0.0182. The first-order chi connectivity index (χ1) is 12.6. The highest BCUT2D eigenvalue weighted by Crippen LogP contribution is 2.22. The number of carbonyl (C=O) groups excluding carboxylic acids is 2. The number of ether oxygens (including phenoxy) is 1. The first-order valence-electron chi connectivity index (χ1n) is 9.12. The predicted molar refractivity (Wildman–Crippen MR) is 93.4 cm³/mol. The molecular formula is C17H27N5O4. The molecule has 0 spiro atoms. The molecule has 2 fully saturated rings. The fourth-order valence-corrected chi connectivity index (χ4v) is 3.36. The first-order valence-corrected chi connectivity index (χ1v) is 9.12. The SMILES string of the molecule is O=C(Cn1ccnc1)N1CCC[C@](O)(CNC(=O)N2CCOCC2)CC1. The van der Waals surface area contributed by atoms with Crippen LogP contribution in [-0.4, -0.2) is 87.9 Å². The fourth-order valence-electron chi connectivity index (χ4n) is 3.36. The Kier molecular flexibility index (Phi) is 6.10. The summed E-state index contributed by atoms with van der Waals surface area (Å²) >= 11 is 0. The maximum Gasteiger partial charge on any atom is 0.317 e. The molecule has 0 radical (unpaired) electrons. The molecule has 1 aromatic heterocycles. The van der Waals surface area contributed by atoms with Crippen molar-refractivity contribution in [3.63, 3.8) is 0 Å². The van der Waals surface area contributed by atoms with Crippen molar-refractivity contribution in [3.8, 4) is 0 Å². The number of aromatic nitrogens is 2. The molecule has 26 heavy (non-hydrogen) atoms. The lowest BCUT2D eigenvalue weighted by Gasteiger charge is -2.31. The number of hydrogen-bond acceptors (Lipinski definition) is 5. The van der Waals surface area contributed by atoms with Gasteiger partial charge in [-0.25, -0.2) is 9.78 Å². The van der Waals surface area contributed by atoms with Crippen LogP contribution in [0.2, 0.25) is 0 Å². The average Bonchev–Trinajstić information content (AvgIpc) is 3.08. The maximum atomic E-state index is 12.4. The summed E-state index contributed by atoms with van der Waals surface area (Å²) in [5.41, 5.74) is -0.980. The molecule has 144 valence electrons. The molecule has 0 bridgehead atoms. The fraction of sp³-hybridized carbons (Fsp3) is 0.706. The van der Waals surface area contributed by atoms with Crippen molar-refractivity contribution in [2.75, 3.05) is 45.9 Å². The number of amides is 3. The van der Waals surface area contributed by atoms with Crippen LogP contribution in [0.3, 0.4) is 0 Å². The summed E-state index contributed by atoms with van der Waals surface area (Å²) in [4.78, 5) is 32.0. The summed E-state index contributed by atoms with van der Waals surface area (Å²) in [6.07, 6.45) is 6.74. The average molecular weight is 365 g/mol. The zero-order chi connectivity index (χ0) is 18.4. The van der Waals surface area contributed by atoms with Crippen molar-refractivity contribution in [2.24, 2.45) is 0 Å². The van der Waals surface area contributed by atoms with E-state index < -0.39 is 5.60 Å². The minimum atomic E-state index is -0.980. The molecule has 9 heteroatoms. The Morgan fingerprint density at radius 1 is 1.15 bits per heavy atom. The Balaban J connectivity index is 1.47. The van der Waals surface area contributed by atoms with Crippen LogP contribution in [-0.2, 0) is 16.1 Å². The Bertz CT molecular complexity index is 602. The Morgan fingerprint density at radius 2 is 1.96 bits per heavy atom. The van der Waals surface area contributed by atoms with Gasteiger partial charge >= 0.3 is 6.03 Å². The van der Waals surface area contributed by atoms with Crippen LogP contribution < -0.4 is 5.32 Å². The second-order valence-electron chi connectivity index (χ2n) is 6.95. The standard InChI is InChI=1S/C17H27N5O4/c23-15(12-20-7-4-18-14-20)21-5-1-2-17(25,3-6-21)13-19-16(24)22-8-10-26-11-9-22/h4,7,14,25H,1-3,5-6,8-13H2,(H,19,24)/t17-/m1/s1. The molecule has 3 amide bonds. The number of carbonyl (C=O) groups is 2. The van der Waals surface area contributed by atoms with Crippen molar-refractivity contribution < 1.29 is 19.4 Å². The third-order valence-electron chi connectivity index (χ3n) is 5.01. The van der Waals surface area contributed by atoms with Crippen LogP contribution in [0.5, 0.6) is 0 Å². The number of likely N-dealkylation sites (tertiary alicyclic amines) is 1. The topological polar surface area (TPSA) is 99.9 Å². The van der Waals surface area contributed by atoms with Gasteiger partial charge in [-0.1, -0.05) is 0 Å². The molecule has 9 nitrogen and oxygen atoms in total. The van der Waals surface area contributed by atoms with E-state index in [1.165, 1.54) is 0 Å². The molecule has 2 N–H and O–H groups in total. The molecule has 1 aromatic rings. The van der Waals surface area contributed by atoms with E-state index >= 15 is 0 Å². The number of rotatable bonds is 4. The van der Waals surface area contributed by atoms with E-state index in [-0.39, 0.29) is 25.0 Å². The highest BCUT2D eigenvalue weighted by molar-refractivity contribution is 5.76. The van der Waals surface area contributed by atoms with Crippen molar-refractivity contribution in [3.05, 3.63) is 18.7 Å². The normalized spacial score (nSPS) is 24.2. The number of urea groups is 1. The van der Waals surface area contributed by atoms with Gasteiger partial charge in [0.25, 0.3) is 0 Å². The molecular weight excluding hydrogens is 338 g/mol. The van der Waals surface area contributed by atoms with Crippen LogP contribution >= 0.6 is 0 Å². The van der Waals surface area contributed by atoms with Gasteiger partial charge in [-0.15, -0.1) is 0 Å². The molecule has 0 aliphatic carbocycles. The lowest BCUT2D eigenvalue weighted by Crippen LogP contribution is -2.51. The van der Waals surface area contributed by atoms with Gasteiger partial charge in [-0.3, -0.25) is 4.79 Å². The van der Waals surface area contributed by atoms with E-state index in [1.54, 1.807) is 33.1 Å².